The zero-order valence-electron chi connectivity index (χ0n) is 34.7. The zero-order valence-corrected chi connectivity index (χ0v) is 35.5. The van der Waals surface area contributed by atoms with E-state index in [2.05, 4.69) is 28.1 Å². The van der Waals surface area contributed by atoms with Gasteiger partial charge in [0.1, 0.15) is 24.3 Å². The number of esters is 2. The van der Waals surface area contributed by atoms with Crippen LogP contribution in [-0.2, 0) is 32.7 Å². The lowest BCUT2D eigenvalue weighted by atomic mass is 9.73. The number of carbonyl (C=O) groups excluding carboxylic acids is 2. The van der Waals surface area contributed by atoms with Crippen molar-refractivity contribution in [3.05, 3.63) is 68.3 Å². The summed E-state index contributed by atoms with van der Waals surface area (Å²) in [6.07, 6.45) is 5.20. The van der Waals surface area contributed by atoms with Crippen LogP contribution in [0.15, 0.2) is 18.2 Å². The van der Waals surface area contributed by atoms with Gasteiger partial charge in [0.05, 0.1) is 30.5 Å². The summed E-state index contributed by atoms with van der Waals surface area (Å²) in [5.41, 5.74) is 5.47. The predicted molar refractivity (Wildman–Crippen MR) is 220 cm³/mol. The second kappa shape index (κ2) is 15.4. The highest BCUT2D eigenvalue weighted by atomic mass is 32.2. The SMILES string of the molecule is CCCCCCCC(=O)Oc1c(C)c2c(c3c1[C@H]1SC[C@]4(NCCc5cc(O)c(C)cc54)C(=O)OC[C@@H]3N3[C@@H]1[C@H]1c4c(cc(C)c(OC)c4O)C[C@@H]([C@@H]3O)N1C)OCO2. The standard InChI is InChI=1S/C45H55N3O10S/c1-7-8-9-10-11-12-31(50)58-39-24(4)40-41(57-21-56-40)33-29-19-55-44(53)45(27-16-22(2)30(49)18-25(27)13-14-46-45)20-59-42(34(33)39)36-35-32-26(15-23(3)38(54-6)37(32)51)17-28(47(35)5)43(52)48(29)36/h15-16,18,28-29,35-36,42-43,46,49,51-52H,7-14,17,19-21H2,1-6H3/t28-,29-,35+,36+,42+,43-,45+/m0/s1. The number of aromatic hydroxyl groups is 2. The molecule has 7 aliphatic rings. The van der Waals surface area contributed by atoms with Crippen molar-refractivity contribution in [2.24, 2.45) is 0 Å². The third-order valence-electron chi connectivity index (χ3n) is 13.7. The molecule has 2 saturated heterocycles. The Morgan fingerprint density at radius 2 is 1.76 bits per heavy atom. The van der Waals surface area contributed by atoms with Crippen molar-refractivity contribution in [2.45, 2.75) is 120 Å². The van der Waals surface area contributed by atoms with Crippen LogP contribution in [0, 0.1) is 20.8 Å². The monoisotopic (exact) mass is 829 g/mol. The van der Waals surface area contributed by atoms with Gasteiger partial charge in [0.25, 0.3) is 0 Å². The van der Waals surface area contributed by atoms with Gasteiger partial charge in [0.15, 0.2) is 28.5 Å². The molecule has 7 heterocycles. The molecule has 316 valence electrons. The number of fused-ring (bicyclic) bond motifs is 9. The van der Waals surface area contributed by atoms with E-state index in [9.17, 15) is 24.9 Å². The summed E-state index contributed by atoms with van der Waals surface area (Å²) in [4.78, 5) is 32.9. The highest BCUT2D eigenvalue weighted by Gasteiger charge is 2.61. The number of unbranched alkanes of at least 4 members (excludes halogenated alkanes) is 4. The molecule has 3 aromatic carbocycles. The molecule has 4 N–H and O–H groups in total. The smallest absolute Gasteiger partial charge is 0.331 e. The van der Waals surface area contributed by atoms with E-state index in [0.29, 0.717) is 65.5 Å². The summed E-state index contributed by atoms with van der Waals surface area (Å²) < 4.78 is 31.2. The first kappa shape index (κ1) is 40.2. The number of aliphatic hydroxyl groups excluding tert-OH is 1. The van der Waals surface area contributed by atoms with E-state index in [4.69, 9.17) is 23.7 Å². The topological polar surface area (TPSA) is 159 Å². The van der Waals surface area contributed by atoms with E-state index in [1.54, 1.807) is 13.2 Å². The zero-order chi connectivity index (χ0) is 41.5. The number of thioether (sulfide) groups is 1. The lowest BCUT2D eigenvalue weighted by Crippen LogP contribution is -2.70. The Kier molecular flexibility index (Phi) is 10.5. The van der Waals surface area contributed by atoms with Crippen LogP contribution < -0.4 is 24.3 Å². The molecular weight excluding hydrogens is 775 g/mol. The molecule has 0 radical (unpaired) electrons. The number of phenols is 2. The predicted octanol–water partition coefficient (Wildman–Crippen LogP) is 6.05. The number of nitrogens with one attached hydrogen (secondary N) is 1. The average Bonchev–Trinajstić information content (AvgIpc) is 3.70. The Bertz CT molecular complexity index is 2210. The summed E-state index contributed by atoms with van der Waals surface area (Å²) in [5.74, 6) is 1.37. The van der Waals surface area contributed by atoms with E-state index in [0.717, 1.165) is 59.1 Å². The van der Waals surface area contributed by atoms with Crippen LogP contribution in [0.3, 0.4) is 0 Å². The minimum Gasteiger partial charge on any atom is -0.508 e. The van der Waals surface area contributed by atoms with Gasteiger partial charge in [-0.1, -0.05) is 38.7 Å². The van der Waals surface area contributed by atoms with Crippen molar-refractivity contribution in [3.8, 4) is 34.5 Å². The van der Waals surface area contributed by atoms with E-state index >= 15 is 0 Å². The van der Waals surface area contributed by atoms with Gasteiger partial charge in [-0.3, -0.25) is 19.9 Å². The van der Waals surface area contributed by atoms with Crippen LogP contribution in [0.1, 0.15) is 113 Å². The van der Waals surface area contributed by atoms with Crippen LogP contribution in [0.4, 0.5) is 0 Å². The van der Waals surface area contributed by atoms with Crippen molar-refractivity contribution in [2.75, 3.05) is 39.9 Å². The van der Waals surface area contributed by atoms with Gasteiger partial charge in [0, 0.05) is 47.0 Å². The number of piperazine rings is 1. The summed E-state index contributed by atoms with van der Waals surface area (Å²) >= 11 is 1.53. The average molecular weight is 830 g/mol. The van der Waals surface area contributed by atoms with E-state index in [1.165, 1.54) is 11.8 Å². The number of phenolic OH excluding ortho intramolecular Hbond substituents is 2. The molecule has 0 amide bonds. The molecule has 2 fully saturated rings. The highest BCUT2D eigenvalue weighted by Crippen LogP contribution is 2.64. The first-order chi connectivity index (χ1) is 28.4. The Morgan fingerprint density at radius 1 is 0.983 bits per heavy atom. The number of aryl methyl sites for hydroxylation is 2. The third-order valence-corrected chi connectivity index (χ3v) is 15.2. The molecule has 10 rings (SSSR count). The molecule has 14 heteroatoms. The number of aliphatic hydroxyl groups is 1. The van der Waals surface area contributed by atoms with E-state index in [-0.39, 0.29) is 49.1 Å². The fourth-order valence-corrected chi connectivity index (χ4v) is 12.5. The molecule has 7 aliphatic heterocycles. The number of rotatable bonds is 8. The number of hydrogen-bond acceptors (Lipinski definition) is 14. The minimum atomic E-state index is -1.28. The van der Waals surface area contributed by atoms with Crippen LogP contribution in [-0.4, -0.2) is 95.2 Å². The van der Waals surface area contributed by atoms with Crippen molar-refractivity contribution in [3.63, 3.8) is 0 Å². The number of hydrogen-bond donors (Lipinski definition) is 4. The Labute approximate surface area is 349 Å². The maximum Gasteiger partial charge on any atom is 0.331 e. The lowest BCUT2D eigenvalue weighted by Gasteiger charge is -2.62. The summed E-state index contributed by atoms with van der Waals surface area (Å²) in [5, 5.41) is 38.6. The Hall–Kier alpha value is -4.21. The van der Waals surface area contributed by atoms with Crippen LogP contribution in [0.25, 0.3) is 0 Å². The minimum absolute atomic E-state index is 0.0435. The molecule has 0 aliphatic carbocycles. The van der Waals surface area contributed by atoms with Crippen molar-refractivity contribution in [1.29, 1.82) is 0 Å². The first-order valence-electron chi connectivity index (χ1n) is 21.0. The quantitative estimate of drug-likeness (QED) is 0.118. The molecule has 0 saturated carbocycles. The number of benzene rings is 3. The fourth-order valence-electron chi connectivity index (χ4n) is 10.9. The summed E-state index contributed by atoms with van der Waals surface area (Å²) in [7, 11) is 3.54. The fraction of sp³-hybridized carbons (Fsp3) is 0.556. The number of likely N-dealkylation sites (N-methyl/N-ethyl adjacent to an activating group) is 1. The van der Waals surface area contributed by atoms with Gasteiger partial charge in [-0.15, -0.1) is 11.8 Å². The molecule has 3 aromatic rings. The Balaban J connectivity index is 1.27. The molecular formula is C45H55N3O10S. The lowest BCUT2D eigenvalue weighted by molar-refractivity contribution is -0.186. The molecule has 59 heavy (non-hydrogen) atoms. The van der Waals surface area contributed by atoms with Gasteiger partial charge in [-0.2, -0.15) is 0 Å². The van der Waals surface area contributed by atoms with Gasteiger partial charge >= 0.3 is 11.9 Å². The normalized spacial score (nSPS) is 28.0. The maximum atomic E-state index is 14.8. The molecule has 13 nitrogen and oxygen atoms in total. The highest BCUT2D eigenvalue weighted by molar-refractivity contribution is 7.99. The van der Waals surface area contributed by atoms with E-state index < -0.39 is 41.1 Å². The van der Waals surface area contributed by atoms with Gasteiger partial charge in [0.2, 0.25) is 6.79 Å². The largest absolute Gasteiger partial charge is 0.508 e. The second-order valence-corrected chi connectivity index (χ2v) is 18.2. The second-order valence-electron chi connectivity index (χ2n) is 17.1. The molecule has 1 spiro atoms. The number of carbonyl (C=O) groups is 2. The van der Waals surface area contributed by atoms with Crippen molar-refractivity contribution >= 4 is 23.7 Å². The Morgan fingerprint density at radius 3 is 2.54 bits per heavy atom. The van der Waals surface area contributed by atoms with Crippen LogP contribution >= 0.6 is 11.8 Å². The van der Waals surface area contributed by atoms with Gasteiger partial charge < -0.3 is 39.0 Å². The number of methoxy groups -OCH3 is 1. The molecule has 7 atom stereocenters. The maximum absolute atomic E-state index is 14.8. The van der Waals surface area contributed by atoms with Crippen molar-refractivity contribution < 1.29 is 48.6 Å². The van der Waals surface area contributed by atoms with Crippen LogP contribution in [0.5, 0.6) is 34.5 Å². The van der Waals surface area contributed by atoms with Gasteiger partial charge in [-0.05, 0) is 87.0 Å². The first-order valence-corrected chi connectivity index (χ1v) is 22.1. The number of nitrogens with zero attached hydrogens (tertiary/aromatic N) is 2. The summed E-state index contributed by atoms with van der Waals surface area (Å²) in [6.45, 7) is 8.06. The third kappa shape index (κ3) is 6.18. The molecule has 0 unspecified atom stereocenters. The number of ether oxygens (including phenoxy) is 5. The molecule has 4 bridgehead atoms. The van der Waals surface area contributed by atoms with Crippen molar-refractivity contribution in [1.82, 2.24) is 15.1 Å². The summed E-state index contributed by atoms with van der Waals surface area (Å²) in [6, 6.07) is 3.53. The van der Waals surface area contributed by atoms with E-state index in [1.807, 2.05) is 33.9 Å². The van der Waals surface area contributed by atoms with Crippen LogP contribution in [0.2, 0.25) is 0 Å². The molecule has 0 aromatic heterocycles. The van der Waals surface area contributed by atoms with Gasteiger partial charge in [-0.25, -0.2) is 4.79 Å².